The van der Waals surface area contributed by atoms with Crippen LogP contribution in [-0.4, -0.2) is 30.6 Å². The number of oxazole rings is 1. The van der Waals surface area contributed by atoms with Crippen molar-refractivity contribution >= 4 is 29.9 Å². The van der Waals surface area contributed by atoms with Crippen molar-refractivity contribution in [1.82, 2.24) is 15.6 Å². The summed E-state index contributed by atoms with van der Waals surface area (Å²) in [6, 6.07) is 6.08. The van der Waals surface area contributed by atoms with E-state index in [1.807, 2.05) is 13.8 Å². The largest absolute Gasteiger partial charge is 0.444 e. The van der Waals surface area contributed by atoms with Crippen molar-refractivity contribution in [3.63, 3.8) is 0 Å². The number of nitrogens with zero attached hydrogens (tertiary/aromatic N) is 2. The molecule has 126 valence electrons. The van der Waals surface area contributed by atoms with E-state index in [2.05, 4.69) is 20.6 Å². The second-order valence-electron chi connectivity index (χ2n) is 4.69. The molecule has 0 aliphatic heterocycles. The van der Waals surface area contributed by atoms with E-state index in [4.69, 9.17) is 4.42 Å². The average molecular weight is 432 g/mol. The molecule has 0 aliphatic carbocycles. The molecule has 0 saturated carbocycles. The number of benzene rings is 1. The summed E-state index contributed by atoms with van der Waals surface area (Å²) in [5, 5.41) is 6.33. The molecule has 0 saturated heterocycles. The fourth-order valence-corrected chi connectivity index (χ4v) is 1.94. The van der Waals surface area contributed by atoms with Crippen LogP contribution in [0.15, 0.2) is 39.9 Å². The van der Waals surface area contributed by atoms with Gasteiger partial charge in [0.1, 0.15) is 12.1 Å². The molecule has 0 radical (unpaired) electrons. The number of aliphatic imine (C=N–C) groups is 1. The number of hydrogen-bond acceptors (Lipinski definition) is 3. The molecule has 0 fully saturated rings. The van der Waals surface area contributed by atoms with E-state index in [0.717, 1.165) is 30.3 Å². The van der Waals surface area contributed by atoms with Gasteiger partial charge in [-0.05, 0) is 38.1 Å². The summed E-state index contributed by atoms with van der Waals surface area (Å²) in [6.45, 7) is 6.32. The van der Waals surface area contributed by atoms with Crippen LogP contribution in [0.25, 0.3) is 11.5 Å². The van der Waals surface area contributed by atoms with Gasteiger partial charge >= 0.3 is 0 Å². The van der Waals surface area contributed by atoms with Crippen LogP contribution in [0.1, 0.15) is 19.5 Å². The summed E-state index contributed by atoms with van der Waals surface area (Å²) in [7, 11) is 0. The van der Waals surface area contributed by atoms with Gasteiger partial charge in [-0.1, -0.05) is 0 Å². The molecule has 1 aromatic heterocycles. The van der Waals surface area contributed by atoms with Crippen LogP contribution < -0.4 is 10.6 Å². The highest BCUT2D eigenvalue weighted by atomic mass is 127. The smallest absolute Gasteiger partial charge is 0.226 e. The SMILES string of the molecule is CCNC(=NCCc1coc(-c2ccc(F)cc2)n1)NCC.I. The van der Waals surface area contributed by atoms with E-state index in [-0.39, 0.29) is 29.8 Å². The van der Waals surface area contributed by atoms with Crippen LogP contribution in [0.5, 0.6) is 0 Å². The standard InChI is InChI=1S/C16H21FN4O.HI/c1-3-18-16(19-4-2)20-10-9-14-11-22-15(21-14)12-5-7-13(17)8-6-12;/h5-8,11H,3-4,9-10H2,1-2H3,(H2,18,19,20);1H. The highest BCUT2D eigenvalue weighted by Crippen LogP contribution is 2.19. The topological polar surface area (TPSA) is 62.5 Å². The average Bonchev–Trinajstić information content (AvgIpc) is 2.97. The van der Waals surface area contributed by atoms with Crippen LogP contribution in [0.4, 0.5) is 4.39 Å². The molecule has 0 spiro atoms. The highest BCUT2D eigenvalue weighted by molar-refractivity contribution is 14.0. The molecular weight excluding hydrogens is 410 g/mol. The third-order valence-corrected chi connectivity index (χ3v) is 2.97. The zero-order chi connectivity index (χ0) is 15.8. The van der Waals surface area contributed by atoms with Gasteiger partial charge < -0.3 is 15.1 Å². The van der Waals surface area contributed by atoms with Crippen molar-refractivity contribution in [2.45, 2.75) is 20.3 Å². The number of hydrogen-bond donors (Lipinski definition) is 2. The highest BCUT2D eigenvalue weighted by Gasteiger charge is 2.06. The first-order valence-electron chi connectivity index (χ1n) is 7.45. The predicted molar refractivity (Wildman–Crippen MR) is 101 cm³/mol. The zero-order valence-corrected chi connectivity index (χ0v) is 15.6. The Morgan fingerprint density at radius 2 is 1.83 bits per heavy atom. The quantitative estimate of drug-likeness (QED) is 0.418. The number of aromatic nitrogens is 1. The van der Waals surface area contributed by atoms with E-state index < -0.39 is 0 Å². The number of nitrogens with one attached hydrogen (secondary N) is 2. The Bertz CT molecular complexity index is 605. The number of rotatable bonds is 6. The van der Waals surface area contributed by atoms with Crippen molar-refractivity contribution in [2.24, 2.45) is 4.99 Å². The molecule has 0 bridgehead atoms. The Morgan fingerprint density at radius 3 is 2.43 bits per heavy atom. The van der Waals surface area contributed by atoms with Gasteiger partial charge in [-0.2, -0.15) is 0 Å². The third kappa shape index (κ3) is 6.17. The molecule has 2 rings (SSSR count). The maximum Gasteiger partial charge on any atom is 0.226 e. The van der Waals surface area contributed by atoms with Crippen molar-refractivity contribution < 1.29 is 8.81 Å². The first-order valence-corrected chi connectivity index (χ1v) is 7.45. The first-order chi connectivity index (χ1) is 10.7. The molecular formula is C16H22FIN4O. The molecule has 23 heavy (non-hydrogen) atoms. The number of halogens is 2. The lowest BCUT2D eigenvalue weighted by atomic mass is 10.2. The minimum atomic E-state index is -0.274. The summed E-state index contributed by atoms with van der Waals surface area (Å²) in [4.78, 5) is 8.86. The van der Waals surface area contributed by atoms with Crippen molar-refractivity contribution in [3.05, 3.63) is 42.0 Å². The Kier molecular flexibility index (Phi) is 8.60. The second kappa shape index (κ2) is 10.2. The van der Waals surface area contributed by atoms with Crippen LogP contribution in [0.2, 0.25) is 0 Å². The maximum atomic E-state index is 12.9. The lowest BCUT2D eigenvalue weighted by molar-refractivity contribution is 0.572. The molecule has 1 heterocycles. The molecule has 2 aromatic rings. The van der Waals surface area contributed by atoms with Gasteiger partial charge in [0.05, 0.1) is 5.69 Å². The van der Waals surface area contributed by atoms with Crippen LogP contribution in [0.3, 0.4) is 0 Å². The maximum absolute atomic E-state index is 12.9. The fraction of sp³-hybridized carbons (Fsp3) is 0.375. The van der Waals surface area contributed by atoms with Gasteiger partial charge in [-0.3, -0.25) is 4.99 Å². The zero-order valence-electron chi connectivity index (χ0n) is 13.3. The van der Waals surface area contributed by atoms with Gasteiger partial charge in [0.15, 0.2) is 5.96 Å². The van der Waals surface area contributed by atoms with Gasteiger partial charge in [0.25, 0.3) is 0 Å². The van der Waals surface area contributed by atoms with E-state index in [1.165, 1.54) is 12.1 Å². The lowest BCUT2D eigenvalue weighted by Gasteiger charge is -2.08. The Balaban J connectivity index is 0.00000264. The normalized spacial score (nSPS) is 9.87. The van der Waals surface area contributed by atoms with E-state index >= 15 is 0 Å². The van der Waals surface area contributed by atoms with Crippen LogP contribution >= 0.6 is 24.0 Å². The van der Waals surface area contributed by atoms with Gasteiger partial charge in [-0.15, -0.1) is 24.0 Å². The Hall–Kier alpha value is -1.64. The first kappa shape index (κ1) is 19.4. The summed E-state index contributed by atoms with van der Waals surface area (Å²) in [5.74, 6) is 1.02. The lowest BCUT2D eigenvalue weighted by Crippen LogP contribution is -2.37. The summed E-state index contributed by atoms with van der Waals surface area (Å²) < 4.78 is 18.3. The molecule has 5 nitrogen and oxygen atoms in total. The minimum Gasteiger partial charge on any atom is -0.444 e. The fourth-order valence-electron chi connectivity index (χ4n) is 1.94. The predicted octanol–water partition coefficient (Wildman–Crippen LogP) is 3.22. The van der Waals surface area contributed by atoms with Crippen LogP contribution in [0, 0.1) is 5.82 Å². The van der Waals surface area contributed by atoms with Gasteiger partial charge in [-0.25, -0.2) is 9.37 Å². The molecule has 0 amide bonds. The van der Waals surface area contributed by atoms with E-state index in [9.17, 15) is 4.39 Å². The van der Waals surface area contributed by atoms with E-state index in [0.29, 0.717) is 18.9 Å². The number of guanidine groups is 1. The van der Waals surface area contributed by atoms with Crippen molar-refractivity contribution in [1.29, 1.82) is 0 Å². The Labute approximate surface area is 152 Å². The summed E-state index contributed by atoms with van der Waals surface area (Å²) in [5.41, 5.74) is 1.59. The molecule has 0 atom stereocenters. The molecule has 7 heteroatoms. The summed E-state index contributed by atoms with van der Waals surface area (Å²) in [6.07, 6.45) is 2.30. The molecule has 1 aromatic carbocycles. The minimum absolute atomic E-state index is 0. The van der Waals surface area contributed by atoms with E-state index in [1.54, 1.807) is 18.4 Å². The molecule has 2 N–H and O–H groups in total. The van der Waals surface area contributed by atoms with Gasteiger partial charge in [0, 0.05) is 31.6 Å². The van der Waals surface area contributed by atoms with Crippen LogP contribution in [-0.2, 0) is 6.42 Å². The molecule has 0 aliphatic rings. The summed E-state index contributed by atoms with van der Waals surface area (Å²) >= 11 is 0. The second-order valence-corrected chi connectivity index (χ2v) is 4.69. The van der Waals surface area contributed by atoms with Crippen molar-refractivity contribution in [2.75, 3.05) is 19.6 Å². The Morgan fingerprint density at radius 1 is 1.17 bits per heavy atom. The monoisotopic (exact) mass is 432 g/mol. The van der Waals surface area contributed by atoms with Gasteiger partial charge in [0.2, 0.25) is 5.89 Å². The van der Waals surface area contributed by atoms with Crippen molar-refractivity contribution in [3.8, 4) is 11.5 Å². The third-order valence-electron chi connectivity index (χ3n) is 2.97. The molecule has 0 unspecified atom stereocenters.